The molecule has 2 amide bonds. The summed E-state index contributed by atoms with van der Waals surface area (Å²) in [5.41, 5.74) is 1.50. The molecule has 1 unspecified atom stereocenters. The zero-order valence-electron chi connectivity index (χ0n) is 18.8. The van der Waals surface area contributed by atoms with Gasteiger partial charge in [0.05, 0.1) is 30.1 Å². The van der Waals surface area contributed by atoms with E-state index in [-0.39, 0.29) is 23.8 Å². The van der Waals surface area contributed by atoms with Crippen molar-refractivity contribution in [3.05, 3.63) is 65.9 Å². The summed E-state index contributed by atoms with van der Waals surface area (Å²) in [6, 6.07) is 14.0. The van der Waals surface area contributed by atoms with Gasteiger partial charge in [-0.1, -0.05) is 22.9 Å². The molecule has 0 radical (unpaired) electrons. The van der Waals surface area contributed by atoms with Crippen LogP contribution >= 0.6 is 12.2 Å². The molecule has 1 aromatic heterocycles. The summed E-state index contributed by atoms with van der Waals surface area (Å²) < 4.78 is 10.6. The summed E-state index contributed by atoms with van der Waals surface area (Å²) in [5.74, 6) is -2.00. The van der Waals surface area contributed by atoms with Crippen molar-refractivity contribution in [1.82, 2.24) is 10.2 Å². The standard InChI is InChI=1S/C23H21N5O6S/c1-26-18(22(32)34-25-26)13-27-17(20(30)28(23(27)35)16-6-4-3-5-7-16)12-19(29)24-15-10-8-14(9-11-15)21(31)33-2/h3-11,17H,12-13H2,1-2H3,(H-,24,25,29,31,32). The summed E-state index contributed by atoms with van der Waals surface area (Å²) in [5, 5.41) is 18.6. The SMILES string of the molecule is COC(=O)c1ccc(NC(=O)CC2C(=O)N(c3ccccc3)C(=S)N2Cc2c([O-])on[n+]2C)cc1. The minimum Gasteiger partial charge on any atom is -0.539 e. The highest BCUT2D eigenvalue weighted by atomic mass is 32.1. The number of anilines is 2. The average Bonchev–Trinajstić information content (AvgIpc) is 3.29. The fourth-order valence-electron chi connectivity index (χ4n) is 3.68. The van der Waals surface area contributed by atoms with Crippen LogP contribution in [0.1, 0.15) is 22.5 Å². The molecule has 11 nitrogen and oxygen atoms in total. The van der Waals surface area contributed by atoms with Crippen molar-refractivity contribution in [2.45, 2.75) is 19.0 Å². The number of nitrogens with one attached hydrogen (secondary N) is 1. The van der Waals surface area contributed by atoms with E-state index < -0.39 is 29.8 Å². The lowest BCUT2D eigenvalue weighted by Gasteiger charge is -2.22. The number of hydrogen-bond acceptors (Lipinski definition) is 8. The molecular formula is C23H21N5O6S. The number of hydrogen-bond donors (Lipinski definition) is 1. The van der Waals surface area contributed by atoms with E-state index in [1.807, 2.05) is 6.07 Å². The molecule has 4 rings (SSSR count). The molecule has 3 aromatic rings. The van der Waals surface area contributed by atoms with E-state index >= 15 is 0 Å². The van der Waals surface area contributed by atoms with Gasteiger partial charge in [0.1, 0.15) is 12.6 Å². The van der Waals surface area contributed by atoms with Crippen molar-refractivity contribution in [1.29, 1.82) is 0 Å². The maximum Gasteiger partial charge on any atom is 0.337 e. The van der Waals surface area contributed by atoms with Crippen molar-refractivity contribution in [3.8, 4) is 5.95 Å². The van der Waals surface area contributed by atoms with Crippen LogP contribution in [-0.4, -0.2) is 46.2 Å². The first-order chi connectivity index (χ1) is 16.8. The number of nitrogens with zero attached hydrogens (tertiary/aromatic N) is 4. The number of rotatable bonds is 7. The van der Waals surface area contributed by atoms with Gasteiger partial charge >= 0.3 is 5.97 Å². The van der Waals surface area contributed by atoms with Crippen LogP contribution in [-0.2, 0) is 27.9 Å². The lowest BCUT2D eigenvalue weighted by molar-refractivity contribution is -0.746. The number of esters is 1. The average molecular weight is 496 g/mol. The number of thiocarbonyl (C=S) groups is 1. The molecule has 1 saturated heterocycles. The molecule has 1 atom stereocenters. The Kier molecular flexibility index (Phi) is 6.73. The van der Waals surface area contributed by atoms with Crippen molar-refractivity contribution < 1.29 is 33.4 Å². The molecular weight excluding hydrogens is 474 g/mol. The third-order valence-electron chi connectivity index (χ3n) is 5.49. The maximum atomic E-state index is 13.4. The number of benzene rings is 2. The molecule has 1 aliphatic rings. The number of aromatic nitrogens is 2. The molecule has 2 heterocycles. The number of aryl methyl sites for hydroxylation is 1. The van der Waals surface area contributed by atoms with Crippen molar-refractivity contribution >= 4 is 46.5 Å². The van der Waals surface area contributed by atoms with Gasteiger partial charge in [-0.3, -0.25) is 14.5 Å². The predicted octanol–water partition coefficient (Wildman–Crippen LogP) is 0.890. The zero-order valence-corrected chi connectivity index (χ0v) is 19.7. The molecule has 1 aliphatic heterocycles. The van der Waals surface area contributed by atoms with E-state index in [9.17, 15) is 19.5 Å². The number of ether oxygens (including phenoxy) is 1. The molecule has 0 bridgehead atoms. The lowest BCUT2D eigenvalue weighted by Crippen LogP contribution is -2.42. The van der Waals surface area contributed by atoms with Gasteiger partial charge in [0, 0.05) is 5.69 Å². The second kappa shape index (κ2) is 9.89. The molecule has 35 heavy (non-hydrogen) atoms. The zero-order chi connectivity index (χ0) is 25.1. The van der Waals surface area contributed by atoms with Gasteiger partial charge in [0.25, 0.3) is 11.6 Å². The number of methoxy groups -OCH3 is 1. The van der Waals surface area contributed by atoms with Crippen LogP contribution in [0.2, 0.25) is 0 Å². The van der Waals surface area contributed by atoms with E-state index in [1.165, 1.54) is 40.8 Å². The Morgan fingerprint density at radius 3 is 2.49 bits per heavy atom. The number of carbonyl (C=O) groups is 3. The molecule has 2 aromatic carbocycles. The van der Waals surface area contributed by atoms with E-state index in [0.29, 0.717) is 16.9 Å². The van der Waals surface area contributed by atoms with Crippen LogP contribution in [0.3, 0.4) is 0 Å². The first kappa shape index (κ1) is 23.8. The number of amides is 2. The van der Waals surface area contributed by atoms with Crippen LogP contribution in [0, 0.1) is 0 Å². The first-order valence-electron chi connectivity index (χ1n) is 10.5. The van der Waals surface area contributed by atoms with Crippen LogP contribution in [0.4, 0.5) is 11.4 Å². The minimum atomic E-state index is -0.966. The van der Waals surface area contributed by atoms with Gasteiger partial charge in [-0.25, -0.2) is 4.79 Å². The Labute approximate surface area is 205 Å². The van der Waals surface area contributed by atoms with Crippen LogP contribution in [0.5, 0.6) is 5.95 Å². The topological polar surface area (TPSA) is 132 Å². The van der Waals surface area contributed by atoms with Gasteiger partial charge in [-0.05, 0) is 48.6 Å². The number of para-hydroxylation sites is 1. The summed E-state index contributed by atoms with van der Waals surface area (Å²) in [6.45, 7) is -0.0709. The maximum absolute atomic E-state index is 13.4. The molecule has 12 heteroatoms. The van der Waals surface area contributed by atoms with Gasteiger partial charge in [0.15, 0.2) is 18.1 Å². The third kappa shape index (κ3) is 4.82. The molecule has 180 valence electrons. The van der Waals surface area contributed by atoms with Crippen molar-refractivity contribution in [2.75, 3.05) is 17.3 Å². The van der Waals surface area contributed by atoms with Gasteiger partial charge in [-0.15, -0.1) is 0 Å². The summed E-state index contributed by atoms with van der Waals surface area (Å²) in [7, 11) is 2.82. The van der Waals surface area contributed by atoms with E-state index in [0.717, 1.165) is 0 Å². The summed E-state index contributed by atoms with van der Waals surface area (Å²) >= 11 is 5.58. The van der Waals surface area contributed by atoms with Gasteiger partial charge in [-0.2, -0.15) is 0 Å². The lowest BCUT2D eigenvalue weighted by atomic mass is 10.1. The first-order valence-corrected chi connectivity index (χ1v) is 10.9. The molecule has 0 saturated carbocycles. The number of carbonyl (C=O) groups excluding carboxylic acids is 3. The predicted molar refractivity (Wildman–Crippen MR) is 124 cm³/mol. The fraction of sp³-hybridized carbons (Fsp3) is 0.217. The van der Waals surface area contributed by atoms with Crippen LogP contribution in [0.25, 0.3) is 0 Å². The molecule has 0 spiro atoms. The van der Waals surface area contributed by atoms with E-state index in [4.69, 9.17) is 12.2 Å². The fourth-order valence-corrected chi connectivity index (χ4v) is 4.07. The van der Waals surface area contributed by atoms with Crippen LogP contribution in [0.15, 0.2) is 59.1 Å². The summed E-state index contributed by atoms with van der Waals surface area (Å²) in [4.78, 5) is 40.7. The van der Waals surface area contributed by atoms with Crippen molar-refractivity contribution in [2.24, 2.45) is 7.05 Å². The monoisotopic (exact) mass is 495 g/mol. The highest BCUT2D eigenvalue weighted by Gasteiger charge is 2.45. The van der Waals surface area contributed by atoms with Gasteiger partial charge < -0.3 is 24.6 Å². The second-order valence-electron chi connectivity index (χ2n) is 7.69. The Morgan fingerprint density at radius 2 is 1.89 bits per heavy atom. The highest BCUT2D eigenvalue weighted by Crippen LogP contribution is 2.29. The Bertz CT molecular complexity index is 1260. The quantitative estimate of drug-likeness (QED) is 0.288. The van der Waals surface area contributed by atoms with E-state index in [1.54, 1.807) is 36.4 Å². The van der Waals surface area contributed by atoms with Crippen molar-refractivity contribution in [3.63, 3.8) is 0 Å². The summed E-state index contributed by atoms with van der Waals surface area (Å²) in [6.07, 6.45) is -0.232. The Hall–Kier alpha value is -4.32. The Balaban J connectivity index is 1.57. The van der Waals surface area contributed by atoms with Crippen LogP contribution < -0.4 is 20.0 Å². The molecule has 0 aliphatic carbocycles. The minimum absolute atomic E-state index is 0.0709. The highest BCUT2D eigenvalue weighted by molar-refractivity contribution is 7.80. The smallest absolute Gasteiger partial charge is 0.337 e. The largest absolute Gasteiger partial charge is 0.539 e. The second-order valence-corrected chi connectivity index (χ2v) is 8.05. The van der Waals surface area contributed by atoms with Gasteiger partial charge in [0.2, 0.25) is 5.91 Å². The molecule has 1 fully saturated rings. The normalized spacial score (nSPS) is 15.4. The third-order valence-corrected chi connectivity index (χ3v) is 5.91. The molecule has 1 N–H and O–H groups in total. The van der Waals surface area contributed by atoms with E-state index in [2.05, 4.69) is 19.8 Å². The Morgan fingerprint density at radius 1 is 1.20 bits per heavy atom.